The van der Waals surface area contributed by atoms with Crippen molar-refractivity contribution < 1.29 is 4.79 Å². The van der Waals surface area contributed by atoms with Crippen LogP contribution >= 0.6 is 11.3 Å². The number of aromatic nitrogens is 2. The third-order valence-corrected chi connectivity index (χ3v) is 5.04. The van der Waals surface area contributed by atoms with Gasteiger partial charge < -0.3 is 10.3 Å². The molecule has 5 heteroatoms. The number of fused-ring (bicyclic) bond motifs is 2. The first-order valence-corrected chi connectivity index (χ1v) is 7.99. The Kier molecular flexibility index (Phi) is 3.00. The Morgan fingerprint density at radius 1 is 1.38 bits per heavy atom. The second-order valence-corrected chi connectivity index (χ2v) is 6.35. The van der Waals surface area contributed by atoms with Gasteiger partial charge >= 0.3 is 0 Å². The molecular weight excluding hydrogens is 282 g/mol. The van der Waals surface area contributed by atoms with Crippen LogP contribution in [-0.2, 0) is 6.42 Å². The highest BCUT2D eigenvalue weighted by molar-refractivity contribution is 7.10. The van der Waals surface area contributed by atoms with Crippen molar-refractivity contribution in [2.75, 3.05) is 0 Å². The van der Waals surface area contributed by atoms with E-state index >= 15 is 0 Å². The Morgan fingerprint density at radius 3 is 3.29 bits per heavy atom. The molecule has 21 heavy (non-hydrogen) atoms. The SMILES string of the molecule is O=C(NC1CCCc2sccc21)c1ccc2nc[nH]c2c1. The second-order valence-electron chi connectivity index (χ2n) is 5.35. The van der Waals surface area contributed by atoms with Crippen molar-refractivity contribution in [2.24, 2.45) is 0 Å². The minimum absolute atomic E-state index is 0.0180. The number of rotatable bonds is 2. The van der Waals surface area contributed by atoms with Crippen LogP contribution in [0.25, 0.3) is 11.0 Å². The van der Waals surface area contributed by atoms with Gasteiger partial charge in [0.25, 0.3) is 5.91 Å². The van der Waals surface area contributed by atoms with Crippen LogP contribution in [-0.4, -0.2) is 15.9 Å². The number of hydrogen-bond acceptors (Lipinski definition) is 3. The number of thiophene rings is 1. The lowest BCUT2D eigenvalue weighted by Crippen LogP contribution is -2.30. The molecule has 106 valence electrons. The Labute approximate surface area is 126 Å². The van der Waals surface area contributed by atoms with Gasteiger partial charge in [-0.25, -0.2) is 4.98 Å². The molecule has 0 aliphatic heterocycles. The van der Waals surface area contributed by atoms with Gasteiger partial charge in [0, 0.05) is 10.4 Å². The average Bonchev–Trinajstić information content (AvgIpc) is 3.15. The predicted octanol–water partition coefficient (Wildman–Crippen LogP) is 3.43. The van der Waals surface area contributed by atoms with Gasteiger partial charge in [-0.1, -0.05) is 0 Å². The summed E-state index contributed by atoms with van der Waals surface area (Å²) in [5.41, 5.74) is 3.74. The summed E-state index contributed by atoms with van der Waals surface area (Å²) in [5, 5.41) is 5.28. The maximum Gasteiger partial charge on any atom is 0.251 e. The number of nitrogens with zero attached hydrogens (tertiary/aromatic N) is 1. The van der Waals surface area contributed by atoms with Gasteiger partial charge in [-0.3, -0.25) is 4.79 Å². The molecule has 1 unspecified atom stereocenters. The number of nitrogens with one attached hydrogen (secondary N) is 2. The van der Waals surface area contributed by atoms with Gasteiger partial charge in [0.15, 0.2) is 0 Å². The third-order valence-electron chi connectivity index (χ3n) is 4.04. The number of amides is 1. The van der Waals surface area contributed by atoms with E-state index in [0.717, 1.165) is 30.3 Å². The lowest BCUT2D eigenvalue weighted by atomic mass is 9.94. The van der Waals surface area contributed by atoms with E-state index in [1.54, 1.807) is 17.7 Å². The summed E-state index contributed by atoms with van der Waals surface area (Å²) in [4.78, 5) is 21.1. The Balaban J connectivity index is 1.59. The lowest BCUT2D eigenvalue weighted by molar-refractivity contribution is 0.0933. The molecule has 1 atom stereocenters. The summed E-state index contributed by atoms with van der Waals surface area (Å²) < 4.78 is 0. The number of benzene rings is 1. The highest BCUT2D eigenvalue weighted by Crippen LogP contribution is 2.33. The van der Waals surface area contributed by atoms with Crippen LogP contribution in [0.4, 0.5) is 0 Å². The molecule has 0 saturated carbocycles. The topological polar surface area (TPSA) is 57.8 Å². The van der Waals surface area contributed by atoms with Crippen LogP contribution in [0.15, 0.2) is 36.0 Å². The van der Waals surface area contributed by atoms with Crippen molar-refractivity contribution in [1.82, 2.24) is 15.3 Å². The van der Waals surface area contributed by atoms with Crippen molar-refractivity contribution in [3.8, 4) is 0 Å². The number of carbonyl (C=O) groups excluding carboxylic acids is 1. The van der Waals surface area contributed by atoms with E-state index < -0.39 is 0 Å². The molecule has 1 aromatic carbocycles. The number of H-pyrrole nitrogens is 1. The number of carbonyl (C=O) groups is 1. The molecule has 4 nitrogen and oxygen atoms in total. The molecule has 2 heterocycles. The zero-order valence-corrected chi connectivity index (χ0v) is 12.2. The van der Waals surface area contributed by atoms with Crippen LogP contribution in [0.5, 0.6) is 0 Å². The quantitative estimate of drug-likeness (QED) is 0.761. The van der Waals surface area contributed by atoms with Gasteiger partial charge in [0.05, 0.1) is 23.4 Å². The molecule has 0 fully saturated rings. The van der Waals surface area contributed by atoms with Gasteiger partial charge in [-0.05, 0) is 54.5 Å². The van der Waals surface area contributed by atoms with Crippen LogP contribution in [0, 0.1) is 0 Å². The van der Waals surface area contributed by atoms with Crippen LogP contribution in [0.3, 0.4) is 0 Å². The summed E-state index contributed by atoms with van der Waals surface area (Å²) in [6.45, 7) is 0. The van der Waals surface area contributed by atoms with Crippen molar-refractivity contribution in [3.63, 3.8) is 0 Å². The average molecular weight is 297 g/mol. The van der Waals surface area contributed by atoms with Gasteiger partial charge in [-0.2, -0.15) is 0 Å². The van der Waals surface area contributed by atoms with Gasteiger partial charge in [0.1, 0.15) is 0 Å². The highest BCUT2D eigenvalue weighted by Gasteiger charge is 2.23. The third kappa shape index (κ3) is 2.23. The van der Waals surface area contributed by atoms with E-state index in [1.807, 2.05) is 18.2 Å². The minimum atomic E-state index is -0.0180. The van der Waals surface area contributed by atoms with E-state index in [0.29, 0.717) is 5.56 Å². The van der Waals surface area contributed by atoms with Gasteiger partial charge in [-0.15, -0.1) is 11.3 Å². The molecule has 1 amide bonds. The maximum absolute atomic E-state index is 12.5. The van der Waals surface area contributed by atoms with Crippen molar-refractivity contribution in [1.29, 1.82) is 0 Å². The molecule has 3 aromatic rings. The normalized spacial score (nSPS) is 17.6. The fourth-order valence-electron chi connectivity index (χ4n) is 2.95. The van der Waals surface area contributed by atoms with Crippen LogP contribution < -0.4 is 5.32 Å². The van der Waals surface area contributed by atoms with E-state index in [2.05, 4.69) is 26.7 Å². The maximum atomic E-state index is 12.5. The second kappa shape index (κ2) is 5.00. The number of imidazole rings is 1. The van der Waals surface area contributed by atoms with E-state index in [9.17, 15) is 4.79 Å². The number of aryl methyl sites for hydroxylation is 1. The van der Waals surface area contributed by atoms with E-state index in [4.69, 9.17) is 0 Å². The summed E-state index contributed by atoms with van der Waals surface area (Å²) >= 11 is 1.79. The highest BCUT2D eigenvalue weighted by atomic mass is 32.1. The molecule has 2 aromatic heterocycles. The summed E-state index contributed by atoms with van der Waals surface area (Å²) in [7, 11) is 0. The standard InChI is InChI=1S/C16H15N3OS/c20-16(10-4-5-13-14(8-10)18-9-17-13)19-12-2-1-3-15-11(12)6-7-21-15/h4-9,12H,1-3H2,(H,17,18)(H,19,20). The molecule has 2 N–H and O–H groups in total. The fourth-order valence-corrected chi connectivity index (χ4v) is 3.94. The van der Waals surface area contributed by atoms with Crippen molar-refractivity contribution in [2.45, 2.75) is 25.3 Å². The first-order valence-electron chi connectivity index (χ1n) is 7.11. The van der Waals surface area contributed by atoms with E-state index in [-0.39, 0.29) is 11.9 Å². The Hall–Kier alpha value is -2.14. The summed E-state index contributed by atoms with van der Waals surface area (Å²) in [6, 6.07) is 7.84. The molecule has 1 aliphatic rings. The Morgan fingerprint density at radius 2 is 2.33 bits per heavy atom. The van der Waals surface area contributed by atoms with Crippen molar-refractivity contribution >= 4 is 28.3 Å². The first-order chi connectivity index (χ1) is 10.3. The number of hydrogen-bond donors (Lipinski definition) is 2. The largest absolute Gasteiger partial charge is 0.345 e. The zero-order chi connectivity index (χ0) is 14.2. The predicted molar refractivity (Wildman–Crippen MR) is 83.6 cm³/mol. The molecule has 0 saturated heterocycles. The smallest absolute Gasteiger partial charge is 0.251 e. The fraction of sp³-hybridized carbons (Fsp3) is 0.250. The summed E-state index contributed by atoms with van der Waals surface area (Å²) in [5.74, 6) is -0.0180. The molecule has 1 aliphatic carbocycles. The van der Waals surface area contributed by atoms with Crippen LogP contribution in [0.2, 0.25) is 0 Å². The minimum Gasteiger partial charge on any atom is -0.345 e. The van der Waals surface area contributed by atoms with Crippen LogP contribution in [0.1, 0.15) is 39.7 Å². The summed E-state index contributed by atoms with van der Waals surface area (Å²) in [6.07, 6.45) is 4.93. The lowest BCUT2D eigenvalue weighted by Gasteiger charge is -2.23. The molecule has 0 spiro atoms. The molecule has 0 radical (unpaired) electrons. The first kappa shape index (κ1) is 12.6. The monoisotopic (exact) mass is 297 g/mol. The Bertz CT molecular complexity index is 805. The van der Waals surface area contributed by atoms with Crippen molar-refractivity contribution in [3.05, 3.63) is 52.0 Å². The molecular formula is C16H15N3OS. The van der Waals surface area contributed by atoms with Gasteiger partial charge in [0.2, 0.25) is 0 Å². The zero-order valence-electron chi connectivity index (χ0n) is 11.4. The molecule has 4 rings (SSSR count). The molecule has 0 bridgehead atoms. The van der Waals surface area contributed by atoms with E-state index in [1.165, 1.54) is 10.4 Å². The number of aromatic amines is 1.